The average Bonchev–Trinajstić information content (AvgIpc) is 2.28. The molecule has 0 saturated heterocycles. The Morgan fingerprint density at radius 3 is 2.88 bits per heavy atom. The maximum absolute atomic E-state index is 6.21. The van der Waals surface area contributed by atoms with Crippen LogP contribution >= 0.6 is 11.6 Å². The zero-order valence-corrected chi connectivity index (χ0v) is 11.6. The van der Waals surface area contributed by atoms with Crippen molar-refractivity contribution in [3.63, 3.8) is 0 Å². The first-order valence-corrected chi connectivity index (χ1v) is 7.03. The molecule has 17 heavy (non-hydrogen) atoms. The van der Waals surface area contributed by atoms with Crippen molar-refractivity contribution in [2.45, 2.75) is 39.5 Å². The second-order valence-electron chi connectivity index (χ2n) is 5.45. The van der Waals surface area contributed by atoms with Crippen LogP contribution in [0.3, 0.4) is 0 Å². The van der Waals surface area contributed by atoms with Crippen LogP contribution in [0.2, 0.25) is 5.02 Å². The van der Waals surface area contributed by atoms with Crippen LogP contribution in [0.5, 0.6) is 0 Å². The van der Waals surface area contributed by atoms with Gasteiger partial charge in [-0.05, 0) is 43.2 Å². The Hall–Kier alpha value is -0.690. The molecule has 1 N–H and O–H groups in total. The molecule has 1 nitrogen and oxygen atoms in total. The van der Waals surface area contributed by atoms with Gasteiger partial charge in [0.05, 0.1) is 10.7 Å². The largest absolute Gasteiger partial charge is 0.383 e. The number of anilines is 1. The molecule has 94 valence electrons. The lowest BCUT2D eigenvalue weighted by Crippen LogP contribution is -2.21. The summed E-state index contributed by atoms with van der Waals surface area (Å²) in [4.78, 5) is 0. The summed E-state index contributed by atoms with van der Waals surface area (Å²) in [5.41, 5.74) is 2.36. The molecule has 2 heteroatoms. The van der Waals surface area contributed by atoms with Crippen LogP contribution in [0.25, 0.3) is 0 Å². The lowest BCUT2D eigenvalue weighted by Gasteiger charge is -2.27. The van der Waals surface area contributed by atoms with Gasteiger partial charge >= 0.3 is 0 Å². The predicted molar refractivity (Wildman–Crippen MR) is 75.8 cm³/mol. The molecule has 0 spiro atoms. The lowest BCUT2D eigenvalue weighted by atomic mass is 9.82. The summed E-state index contributed by atoms with van der Waals surface area (Å²) < 4.78 is 0. The van der Waals surface area contributed by atoms with Crippen molar-refractivity contribution in [2.75, 3.05) is 11.9 Å². The van der Waals surface area contributed by atoms with E-state index in [1.807, 2.05) is 12.1 Å². The van der Waals surface area contributed by atoms with Crippen molar-refractivity contribution in [1.29, 1.82) is 0 Å². The second-order valence-corrected chi connectivity index (χ2v) is 5.86. The van der Waals surface area contributed by atoms with E-state index >= 15 is 0 Å². The highest BCUT2D eigenvalue weighted by atomic mass is 35.5. The van der Waals surface area contributed by atoms with E-state index < -0.39 is 0 Å². The molecular formula is C15H22ClN. The zero-order valence-electron chi connectivity index (χ0n) is 10.8. The summed E-state index contributed by atoms with van der Waals surface area (Å²) in [6, 6.07) is 6.07. The molecule has 1 aromatic rings. The molecule has 1 aliphatic carbocycles. The highest BCUT2D eigenvalue weighted by Gasteiger charge is 2.18. The Morgan fingerprint density at radius 1 is 1.35 bits per heavy atom. The van der Waals surface area contributed by atoms with Crippen LogP contribution < -0.4 is 5.32 Å². The Balaban J connectivity index is 1.93. The highest BCUT2D eigenvalue weighted by molar-refractivity contribution is 6.33. The number of halogens is 1. The van der Waals surface area contributed by atoms with Crippen LogP contribution in [0, 0.1) is 18.8 Å². The number of benzene rings is 1. The normalized spacial score (nSPS) is 24.6. The summed E-state index contributed by atoms with van der Waals surface area (Å²) in [6.45, 7) is 5.54. The van der Waals surface area contributed by atoms with Crippen LogP contribution in [0.15, 0.2) is 18.2 Å². The molecule has 0 aromatic heterocycles. The third kappa shape index (κ3) is 3.38. The molecule has 2 unspecified atom stereocenters. The van der Waals surface area contributed by atoms with Crippen molar-refractivity contribution in [3.05, 3.63) is 28.8 Å². The molecule has 0 amide bonds. The summed E-state index contributed by atoms with van der Waals surface area (Å²) in [5, 5.41) is 4.38. The Kier molecular flexibility index (Phi) is 4.33. The smallest absolute Gasteiger partial charge is 0.0640 e. The van der Waals surface area contributed by atoms with E-state index in [1.165, 1.54) is 31.2 Å². The van der Waals surface area contributed by atoms with Gasteiger partial charge in [0.1, 0.15) is 0 Å². The average molecular weight is 252 g/mol. The molecule has 1 fully saturated rings. The van der Waals surface area contributed by atoms with Gasteiger partial charge in [-0.1, -0.05) is 43.5 Å². The topological polar surface area (TPSA) is 12.0 Å². The Morgan fingerprint density at radius 2 is 2.18 bits per heavy atom. The number of nitrogens with one attached hydrogen (secondary N) is 1. The second kappa shape index (κ2) is 5.77. The van der Waals surface area contributed by atoms with Crippen molar-refractivity contribution in [1.82, 2.24) is 0 Å². The molecule has 1 aromatic carbocycles. The number of hydrogen-bond acceptors (Lipinski definition) is 1. The van der Waals surface area contributed by atoms with E-state index in [1.54, 1.807) is 0 Å². The predicted octanol–water partition coefficient (Wildman–Crippen LogP) is 4.89. The van der Waals surface area contributed by atoms with Gasteiger partial charge < -0.3 is 5.32 Å². The molecule has 2 atom stereocenters. The first-order valence-electron chi connectivity index (χ1n) is 6.66. The van der Waals surface area contributed by atoms with E-state index in [9.17, 15) is 0 Å². The summed E-state index contributed by atoms with van der Waals surface area (Å²) in [5.74, 6) is 1.71. The minimum Gasteiger partial charge on any atom is -0.383 e. The van der Waals surface area contributed by atoms with Crippen molar-refractivity contribution >= 4 is 17.3 Å². The molecule has 1 aliphatic rings. The van der Waals surface area contributed by atoms with Gasteiger partial charge in [0.15, 0.2) is 0 Å². The molecule has 0 radical (unpaired) electrons. The summed E-state index contributed by atoms with van der Waals surface area (Å²) in [6.07, 6.45) is 5.51. The molecular weight excluding hydrogens is 230 g/mol. The highest BCUT2D eigenvalue weighted by Crippen LogP contribution is 2.30. The van der Waals surface area contributed by atoms with Gasteiger partial charge in [0.25, 0.3) is 0 Å². The third-order valence-corrected chi connectivity index (χ3v) is 4.15. The maximum atomic E-state index is 6.21. The van der Waals surface area contributed by atoms with Crippen LogP contribution in [0.4, 0.5) is 5.69 Å². The summed E-state index contributed by atoms with van der Waals surface area (Å²) >= 11 is 6.21. The number of aryl methyl sites for hydroxylation is 1. The summed E-state index contributed by atoms with van der Waals surface area (Å²) in [7, 11) is 0. The first kappa shape index (κ1) is 12.8. The van der Waals surface area contributed by atoms with Gasteiger partial charge in [-0.25, -0.2) is 0 Å². The molecule has 2 rings (SSSR count). The Labute approximate surface area is 110 Å². The van der Waals surface area contributed by atoms with E-state index in [0.717, 1.165) is 29.1 Å². The third-order valence-electron chi connectivity index (χ3n) is 3.83. The molecule has 1 saturated carbocycles. The van der Waals surface area contributed by atoms with E-state index in [-0.39, 0.29) is 0 Å². The van der Waals surface area contributed by atoms with Crippen molar-refractivity contribution in [3.8, 4) is 0 Å². The quantitative estimate of drug-likeness (QED) is 0.807. The van der Waals surface area contributed by atoms with E-state index in [2.05, 4.69) is 25.2 Å². The monoisotopic (exact) mass is 251 g/mol. The van der Waals surface area contributed by atoms with Crippen molar-refractivity contribution < 1.29 is 0 Å². The van der Waals surface area contributed by atoms with Crippen LogP contribution in [0.1, 0.15) is 38.2 Å². The molecule has 0 bridgehead atoms. The van der Waals surface area contributed by atoms with Crippen LogP contribution in [-0.4, -0.2) is 6.54 Å². The molecule has 0 heterocycles. The van der Waals surface area contributed by atoms with Gasteiger partial charge in [-0.2, -0.15) is 0 Å². The molecule has 0 aliphatic heterocycles. The Bertz CT molecular complexity index is 355. The minimum atomic E-state index is 0.814. The maximum Gasteiger partial charge on any atom is 0.0640 e. The minimum absolute atomic E-state index is 0.814. The number of rotatable bonds is 3. The standard InChI is InChI=1S/C15H22ClN/c1-11-5-3-7-13(9-11)10-17-15-12(2)6-4-8-14(15)16/h4,6,8,11,13,17H,3,5,7,9-10H2,1-2H3. The fourth-order valence-corrected chi connectivity index (χ4v) is 3.14. The van der Waals surface area contributed by atoms with Crippen LogP contribution in [-0.2, 0) is 0 Å². The number of para-hydroxylation sites is 1. The van der Waals surface area contributed by atoms with Gasteiger partial charge in [0, 0.05) is 6.54 Å². The first-order chi connectivity index (χ1) is 8.16. The van der Waals surface area contributed by atoms with Gasteiger partial charge in [0.2, 0.25) is 0 Å². The van der Waals surface area contributed by atoms with Crippen molar-refractivity contribution in [2.24, 2.45) is 11.8 Å². The fraction of sp³-hybridized carbons (Fsp3) is 0.600. The SMILES string of the molecule is Cc1cccc(Cl)c1NCC1CCCC(C)C1. The number of hydrogen-bond donors (Lipinski definition) is 1. The lowest BCUT2D eigenvalue weighted by molar-refractivity contribution is 0.293. The van der Waals surface area contributed by atoms with Gasteiger partial charge in [-0.3, -0.25) is 0 Å². The zero-order chi connectivity index (χ0) is 12.3. The van der Waals surface area contributed by atoms with E-state index in [0.29, 0.717) is 0 Å². The van der Waals surface area contributed by atoms with E-state index in [4.69, 9.17) is 11.6 Å². The van der Waals surface area contributed by atoms with Gasteiger partial charge in [-0.15, -0.1) is 0 Å². The fourth-order valence-electron chi connectivity index (χ4n) is 2.85.